The summed E-state index contributed by atoms with van der Waals surface area (Å²) in [5.41, 5.74) is 0. The molecule has 0 aliphatic rings. The van der Waals surface area contributed by atoms with Crippen LogP contribution in [0.3, 0.4) is 0 Å². The maximum absolute atomic E-state index is 11.9. The Hall–Kier alpha value is 0.120. The quantitative estimate of drug-likeness (QED) is 0.123. The van der Waals surface area contributed by atoms with Crippen molar-refractivity contribution >= 4 is 16.0 Å². The van der Waals surface area contributed by atoms with Gasteiger partial charge in [0.1, 0.15) is 0 Å². The molecule has 0 aromatic rings. The second-order valence-corrected chi connectivity index (χ2v) is 9.69. The van der Waals surface area contributed by atoms with Crippen molar-refractivity contribution in [1.82, 2.24) is 4.90 Å². The molecule has 0 radical (unpaired) electrons. The van der Waals surface area contributed by atoms with Crippen molar-refractivity contribution in [3.05, 3.63) is 12.2 Å². The summed E-state index contributed by atoms with van der Waals surface area (Å²) in [6.45, 7) is 2.54. The molecule has 0 saturated heterocycles. The average Bonchev–Trinajstić information content (AvgIpc) is 2.66. The van der Waals surface area contributed by atoms with Crippen molar-refractivity contribution in [1.29, 1.82) is 0 Å². The minimum Gasteiger partial charge on any atom is -0.748 e. The van der Waals surface area contributed by atoms with Crippen molar-refractivity contribution in [3.63, 3.8) is 0 Å². The van der Waals surface area contributed by atoms with Crippen molar-refractivity contribution in [2.75, 3.05) is 19.3 Å². The van der Waals surface area contributed by atoms with Gasteiger partial charge in [0, 0.05) is 19.3 Å². The molecule has 0 aliphatic carbocycles. The Morgan fingerprint density at radius 2 is 1.23 bits per heavy atom. The van der Waals surface area contributed by atoms with Gasteiger partial charge in [-0.3, -0.25) is 4.79 Å². The third-order valence-electron chi connectivity index (χ3n) is 5.25. The number of carbonyl (C=O) groups excluding carboxylic acids is 1. The minimum atomic E-state index is -4.20. The van der Waals surface area contributed by atoms with E-state index in [2.05, 4.69) is 6.92 Å². The molecule has 0 heterocycles. The van der Waals surface area contributed by atoms with Crippen molar-refractivity contribution in [3.8, 4) is 0 Å². The van der Waals surface area contributed by atoms with E-state index in [0.717, 1.165) is 12.8 Å². The molecule has 7 heteroatoms. The fourth-order valence-electron chi connectivity index (χ4n) is 3.36. The number of carbonyl (C=O) groups is 1. The third-order valence-corrected chi connectivity index (χ3v) is 6.04. The minimum absolute atomic E-state index is 0. The molecule has 0 bridgehead atoms. The Balaban J connectivity index is 0. The molecule has 5 nitrogen and oxygen atoms in total. The molecular weight excluding hydrogens is 409 g/mol. The van der Waals surface area contributed by atoms with Gasteiger partial charge in [-0.15, -0.1) is 0 Å². The average molecular weight is 454 g/mol. The maximum Gasteiger partial charge on any atom is 1.00 e. The molecular formula is C23H44NNaO4S. The zero-order valence-corrected chi connectivity index (χ0v) is 22.7. The summed E-state index contributed by atoms with van der Waals surface area (Å²) in [5.74, 6) is -0.563. The van der Waals surface area contributed by atoms with Gasteiger partial charge >= 0.3 is 29.6 Å². The summed E-state index contributed by atoms with van der Waals surface area (Å²) in [6, 6.07) is 0. The predicted molar refractivity (Wildman–Crippen MR) is 121 cm³/mol. The Morgan fingerprint density at radius 3 is 1.67 bits per heavy atom. The van der Waals surface area contributed by atoms with E-state index < -0.39 is 15.9 Å². The number of allylic oxidation sites excluding steroid dienone is 1. The first-order valence-electron chi connectivity index (χ1n) is 11.7. The first-order valence-corrected chi connectivity index (χ1v) is 13.3. The molecule has 0 spiro atoms. The molecule has 0 saturated carbocycles. The van der Waals surface area contributed by atoms with E-state index in [1.807, 2.05) is 6.08 Å². The number of hydrogen-bond donors (Lipinski definition) is 0. The largest absolute Gasteiger partial charge is 1.00 e. The van der Waals surface area contributed by atoms with Crippen LogP contribution in [0.4, 0.5) is 0 Å². The molecule has 0 unspecified atom stereocenters. The van der Waals surface area contributed by atoms with Crippen LogP contribution in [0.5, 0.6) is 0 Å². The molecule has 0 aromatic carbocycles. The fourth-order valence-corrected chi connectivity index (χ4v) is 3.84. The monoisotopic (exact) mass is 453 g/mol. The molecule has 0 rings (SSSR count). The molecule has 0 atom stereocenters. The van der Waals surface area contributed by atoms with E-state index in [4.69, 9.17) is 0 Å². The van der Waals surface area contributed by atoms with E-state index in [-0.39, 0.29) is 48.4 Å². The standard InChI is InChI=1S/C23H45NO4S.Na/c1-3-4-5-6-7-8-9-10-11-12-13-14-15-16-17-18-20-23(25)24(2)21-19-22-29(26,27)28;/h18,20H,3-17,19,21-22H2,1-2H3,(H,26,27,28);/q;+1/p-1/b20-18+;. The van der Waals surface area contributed by atoms with Crippen LogP contribution in [0.2, 0.25) is 0 Å². The molecule has 0 N–H and O–H groups in total. The molecule has 172 valence electrons. The molecule has 1 amide bonds. The van der Waals surface area contributed by atoms with Crippen LogP contribution in [0.15, 0.2) is 12.2 Å². The van der Waals surface area contributed by atoms with E-state index in [1.54, 1.807) is 13.1 Å². The van der Waals surface area contributed by atoms with Crippen LogP contribution in [0, 0.1) is 0 Å². The van der Waals surface area contributed by atoms with Crippen LogP contribution in [-0.2, 0) is 14.9 Å². The zero-order chi connectivity index (χ0) is 21.8. The van der Waals surface area contributed by atoms with Crippen LogP contribution < -0.4 is 29.6 Å². The summed E-state index contributed by atoms with van der Waals surface area (Å²) < 4.78 is 31.6. The number of rotatable bonds is 20. The van der Waals surface area contributed by atoms with Gasteiger partial charge in [-0.2, -0.15) is 0 Å². The van der Waals surface area contributed by atoms with Gasteiger partial charge in [-0.05, 0) is 25.3 Å². The predicted octanol–water partition coefficient (Wildman–Crippen LogP) is 2.81. The van der Waals surface area contributed by atoms with Gasteiger partial charge < -0.3 is 9.45 Å². The van der Waals surface area contributed by atoms with Crippen LogP contribution in [0.1, 0.15) is 110 Å². The van der Waals surface area contributed by atoms with E-state index in [0.29, 0.717) is 0 Å². The molecule has 0 fully saturated rings. The number of likely N-dealkylation sites (N-methyl/N-ethyl adjacent to an activating group) is 1. The van der Waals surface area contributed by atoms with E-state index >= 15 is 0 Å². The van der Waals surface area contributed by atoms with Gasteiger partial charge in [0.05, 0.1) is 10.1 Å². The second kappa shape index (κ2) is 22.3. The first kappa shape index (κ1) is 32.3. The van der Waals surface area contributed by atoms with Crippen molar-refractivity contribution in [2.45, 2.75) is 110 Å². The SMILES string of the molecule is CCCCCCCCCCCCCCCC/C=C/C(=O)N(C)CCCS(=O)(=O)[O-].[Na+]. The Morgan fingerprint density at radius 1 is 0.800 bits per heavy atom. The van der Waals surface area contributed by atoms with Crippen LogP contribution in [-0.4, -0.2) is 43.1 Å². The van der Waals surface area contributed by atoms with Gasteiger partial charge in [0.25, 0.3) is 0 Å². The first-order chi connectivity index (χ1) is 13.9. The summed E-state index contributed by atoms with van der Waals surface area (Å²) in [7, 11) is -2.57. The number of unbranched alkanes of at least 4 members (excludes halogenated alkanes) is 14. The smallest absolute Gasteiger partial charge is 0.748 e. The summed E-state index contributed by atoms with van der Waals surface area (Å²) >= 11 is 0. The zero-order valence-electron chi connectivity index (χ0n) is 19.9. The van der Waals surface area contributed by atoms with Crippen LogP contribution in [0.25, 0.3) is 0 Å². The molecule has 30 heavy (non-hydrogen) atoms. The Labute approximate surface area is 208 Å². The number of nitrogens with zero attached hydrogens (tertiary/aromatic N) is 1. The van der Waals surface area contributed by atoms with Gasteiger partial charge in [0.15, 0.2) is 0 Å². The van der Waals surface area contributed by atoms with Gasteiger partial charge in [0.2, 0.25) is 5.91 Å². The summed E-state index contributed by atoms with van der Waals surface area (Å²) in [6.07, 6.45) is 23.2. The summed E-state index contributed by atoms with van der Waals surface area (Å²) in [4.78, 5) is 13.3. The van der Waals surface area contributed by atoms with Crippen molar-refractivity contribution in [2.24, 2.45) is 0 Å². The van der Waals surface area contributed by atoms with E-state index in [9.17, 15) is 17.8 Å². The summed E-state index contributed by atoms with van der Waals surface area (Å²) in [5, 5.41) is 0. The Kier molecular flexibility index (Phi) is 24.0. The Bertz CT molecular complexity index is 523. The van der Waals surface area contributed by atoms with E-state index in [1.165, 1.54) is 88.4 Å². The van der Waals surface area contributed by atoms with Crippen LogP contribution >= 0.6 is 0 Å². The topological polar surface area (TPSA) is 77.5 Å². The second-order valence-electron chi connectivity index (χ2n) is 8.16. The number of hydrogen-bond acceptors (Lipinski definition) is 4. The van der Waals surface area contributed by atoms with Crippen molar-refractivity contribution < 1.29 is 47.3 Å². The van der Waals surface area contributed by atoms with Gasteiger partial charge in [-0.25, -0.2) is 8.42 Å². The maximum atomic E-state index is 11.9. The fraction of sp³-hybridized carbons (Fsp3) is 0.870. The molecule has 0 aliphatic heterocycles. The number of amides is 1. The van der Waals surface area contributed by atoms with Gasteiger partial charge in [-0.1, -0.05) is 96.5 Å². The normalized spacial score (nSPS) is 11.6. The molecule has 0 aromatic heterocycles. The third kappa shape index (κ3) is 24.4.